The lowest BCUT2D eigenvalue weighted by atomic mass is 10.1. The molecule has 2 rings (SSSR count). The van der Waals surface area contributed by atoms with E-state index in [9.17, 15) is 4.39 Å². The molecule has 4 heteroatoms. The average Bonchev–Trinajstić information content (AvgIpc) is 2.40. The molecular weight excluding hydrogens is 243 g/mol. The zero-order valence-electron chi connectivity index (χ0n) is 11.7. The van der Waals surface area contributed by atoms with Crippen molar-refractivity contribution >= 4 is 0 Å². The molecule has 1 fully saturated rings. The summed E-state index contributed by atoms with van der Waals surface area (Å²) in [6.45, 7) is 8.55. The van der Waals surface area contributed by atoms with Gasteiger partial charge in [-0.2, -0.15) is 0 Å². The number of morpholine rings is 1. The van der Waals surface area contributed by atoms with Crippen LogP contribution in [0.4, 0.5) is 4.39 Å². The quantitative estimate of drug-likeness (QED) is 0.882. The highest BCUT2D eigenvalue weighted by atomic mass is 19.1. The van der Waals surface area contributed by atoms with Crippen LogP contribution in [-0.2, 0) is 11.3 Å². The highest BCUT2D eigenvalue weighted by Gasteiger charge is 2.22. The Hall–Kier alpha value is -0.970. The third-order valence-corrected chi connectivity index (χ3v) is 3.41. The van der Waals surface area contributed by atoms with Gasteiger partial charge >= 0.3 is 0 Å². The Kier molecular flexibility index (Phi) is 5.31. The molecular formula is C15H23FN2O. The zero-order valence-corrected chi connectivity index (χ0v) is 11.7. The molecule has 0 saturated carbocycles. The van der Waals surface area contributed by atoms with Gasteiger partial charge in [0.2, 0.25) is 0 Å². The molecule has 1 aromatic rings. The second-order valence-corrected chi connectivity index (χ2v) is 5.39. The number of benzene rings is 1. The van der Waals surface area contributed by atoms with E-state index in [-0.39, 0.29) is 5.82 Å². The van der Waals surface area contributed by atoms with E-state index in [4.69, 9.17) is 4.74 Å². The summed E-state index contributed by atoms with van der Waals surface area (Å²) >= 11 is 0. The van der Waals surface area contributed by atoms with Gasteiger partial charge in [-0.25, -0.2) is 4.39 Å². The SMILES string of the molecule is CC(C)NCC1COCCN1Cc1ccc(F)cc1. The van der Waals surface area contributed by atoms with Crippen LogP contribution in [-0.4, -0.2) is 43.3 Å². The monoisotopic (exact) mass is 266 g/mol. The van der Waals surface area contributed by atoms with E-state index in [2.05, 4.69) is 24.1 Å². The Labute approximate surface area is 114 Å². The third-order valence-electron chi connectivity index (χ3n) is 3.41. The first-order chi connectivity index (χ1) is 9.15. The molecule has 0 bridgehead atoms. The van der Waals surface area contributed by atoms with E-state index in [0.29, 0.717) is 12.1 Å². The highest BCUT2D eigenvalue weighted by Crippen LogP contribution is 2.12. The Bertz CT molecular complexity index is 380. The van der Waals surface area contributed by atoms with Crippen molar-refractivity contribution in [2.24, 2.45) is 0 Å². The minimum atomic E-state index is -0.177. The van der Waals surface area contributed by atoms with Crippen molar-refractivity contribution in [1.29, 1.82) is 0 Å². The van der Waals surface area contributed by atoms with Gasteiger partial charge in [0.1, 0.15) is 5.82 Å². The molecule has 1 saturated heterocycles. The van der Waals surface area contributed by atoms with Gasteiger partial charge in [-0.05, 0) is 17.7 Å². The maximum absolute atomic E-state index is 12.9. The lowest BCUT2D eigenvalue weighted by Gasteiger charge is -2.36. The second-order valence-electron chi connectivity index (χ2n) is 5.39. The van der Waals surface area contributed by atoms with Gasteiger partial charge < -0.3 is 10.1 Å². The maximum Gasteiger partial charge on any atom is 0.123 e. The first-order valence-electron chi connectivity index (χ1n) is 6.95. The largest absolute Gasteiger partial charge is 0.378 e. The number of rotatable bonds is 5. The lowest BCUT2D eigenvalue weighted by Crippen LogP contribution is -2.50. The molecule has 1 unspecified atom stereocenters. The van der Waals surface area contributed by atoms with Crippen LogP contribution in [0.25, 0.3) is 0 Å². The minimum absolute atomic E-state index is 0.177. The number of ether oxygens (including phenoxy) is 1. The molecule has 3 nitrogen and oxygen atoms in total. The first kappa shape index (κ1) is 14.4. The summed E-state index contributed by atoms with van der Waals surface area (Å²) in [6, 6.07) is 7.64. The van der Waals surface area contributed by atoms with Crippen LogP contribution >= 0.6 is 0 Å². The number of nitrogens with zero attached hydrogens (tertiary/aromatic N) is 1. The van der Waals surface area contributed by atoms with Crippen molar-refractivity contribution in [2.75, 3.05) is 26.3 Å². The highest BCUT2D eigenvalue weighted by molar-refractivity contribution is 5.16. The second kappa shape index (κ2) is 6.98. The maximum atomic E-state index is 12.9. The molecule has 0 amide bonds. The van der Waals surface area contributed by atoms with E-state index < -0.39 is 0 Å². The van der Waals surface area contributed by atoms with Crippen LogP contribution in [0, 0.1) is 5.82 Å². The molecule has 1 N–H and O–H groups in total. The fraction of sp³-hybridized carbons (Fsp3) is 0.600. The van der Waals surface area contributed by atoms with Gasteiger partial charge in [-0.15, -0.1) is 0 Å². The smallest absolute Gasteiger partial charge is 0.123 e. The Morgan fingerprint density at radius 1 is 1.37 bits per heavy atom. The van der Waals surface area contributed by atoms with Crippen LogP contribution in [0.3, 0.4) is 0 Å². The molecule has 1 atom stereocenters. The van der Waals surface area contributed by atoms with Crippen LogP contribution in [0.15, 0.2) is 24.3 Å². The predicted octanol–water partition coefficient (Wildman–Crippen LogP) is 2.02. The van der Waals surface area contributed by atoms with Crippen LogP contribution in [0.5, 0.6) is 0 Å². The third kappa shape index (κ3) is 4.56. The molecule has 1 heterocycles. The van der Waals surface area contributed by atoms with Gasteiger partial charge in [-0.3, -0.25) is 4.90 Å². The van der Waals surface area contributed by atoms with Gasteiger partial charge in [0.15, 0.2) is 0 Å². The standard InChI is InChI=1S/C15H23FN2O/c1-12(2)17-9-15-11-19-8-7-18(15)10-13-3-5-14(16)6-4-13/h3-6,12,15,17H,7-11H2,1-2H3. The topological polar surface area (TPSA) is 24.5 Å². The molecule has 0 spiro atoms. The van der Waals surface area contributed by atoms with Gasteiger partial charge in [0.25, 0.3) is 0 Å². The number of halogens is 1. The van der Waals surface area contributed by atoms with Crippen LogP contribution in [0.2, 0.25) is 0 Å². The summed E-state index contributed by atoms with van der Waals surface area (Å²) in [5.41, 5.74) is 1.15. The molecule has 106 valence electrons. The summed E-state index contributed by atoms with van der Waals surface area (Å²) in [7, 11) is 0. The minimum Gasteiger partial charge on any atom is -0.378 e. The van der Waals surface area contributed by atoms with Crippen molar-refractivity contribution in [1.82, 2.24) is 10.2 Å². The number of hydrogen-bond donors (Lipinski definition) is 1. The van der Waals surface area contributed by atoms with Crippen LogP contribution < -0.4 is 5.32 Å². The fourth-order valence-electron chi connectivity index (χ4n) is 2.28. The van der Waals surface area contributed by atoms with Crippen LogP contribution in [0.1, 0.15) is 19.4 Å². The normalized spacial score (nSPS) is 20.9. The average molecular weight is 266 g/mol. The van der Waals surface area contributed by atoms with Crippen molar-refractivity contribution in [3.63, 3.8) is 0 Å². The van der Waals surface area contributed by atoms with Crippen molar-refractivity contribution in [2.45, 2.75) is 32.5 Å². The van der Waals surface area contributed by atoms with E-state index >= 15 is 0 Å². The van der Waals surface area contributed by atoms with Gasteiger partial charge in [-0.1, -0.05) is 26.0 Å². The molecule has 1 aliphatic rings. The fourth-order valence-corrected chi connectivity index (χ4v) is 2.28. The van der Waals surface area contributed by atoms with Crippen molar-refractivity contribution < 1.29 is 9.13 Å². The summed E-state index contributed by atoms with van der Waals surface area (Å²) in [6.07, 6.45) is 0. The Morgan fingerprint density at radius 2 is 2.11 bits per heavy atom. The van der Waals surface area contributed by atoms with E-state index in [1.807, 2.05) is 12.1 Å². The predicted molar refractivity (Wildman–Crippen MR) is 74.6 cm³/mol. The van der Waals surface area contributed by atoms with E-state index in [1.54, 1.807) is 0 Å². The molecule has 1 aromatic carbocycles. The van der Waals surface area contributed by atoms with Gasteiger partial charge in [0, 0.05) is 31.7 Å². The summed E-state index contributed by atoms with van der Waals surface area (Å²) in [5, 5.41) is 3.46. The molecule has 19 heavy (non-hydrogen) atoms. The van der Waals surface area contributed by atoms with E-state index in [1.165, 1.54) is 12.1 Å². The molecule has 1 aliphatic heterocycles. The first-order valence-corrected chi connectivity index (χ1v) is 6.95. The molecule has 0 radical (unpaired) electrons. The van der Waals surface area contributed by atoms with Crippen molar-refractivity contribution in [3.8, 4) is 0 Å². The Balaban J connectivity index is 1.93. The van der Waals surface area contributed by atoms with Crippen molar-refractivity contribution in [3.05, 3.63) is 35.6 Å². The summed E-state index contributed by atoms with van der Waals surface area (Å²) in [4.78, 5) is 2.41. The summed E-state index contributed by atoms with van der Waals surface area (Å²) < 4.78 is 18.5. The number of nitrogens with one attached hydrogen (secondary N) is 1. The van der Waals surface area contributed by atoms with E-state index in [0.717, 1.165) is 38.4 Å². The van der Waals surface area contributed by atoms with Gasteiger partial charge in [0.05, 0.1) is 13.2 Å². The lowest BCUT2D eigenvalue weighted by molar-refractivity contribution is -0.0114. The Morgan fingerprint density at radius 3 is 2.79 bits per heavy atom. The number of hydrogen-bond acceptors (Lipinski definition) is 3. The summed E-state index contributed by atoms with van der Waals surface area (Å²) in [5.74, 6) is -0.177. The zero-order chi connectivity index (χ0) is 13.7. The molecule has 0 aromatic heterocycles. The molecule has 0 aliphatic carbocycles.